The number of nitrogens with zero attached hydrogens (tertiary/aromatic N) is 1. The van der Waals surface area contributed by atoms with Crippen molar-refractivity contribution in [3.63, 3.8) is 0 Å². The summed E-state index contributed by atoms with van der Waals surface area (Å²) in [7, 11) is -0.419. The van der Waals surface area contributed by atoms with Crippen LogP contribution in [0.1, 0.15) is 16.5 Å². The Morgan fingerprint density at radius 1 is 1.09 bits per heavy atom. The van der Waals surface area contributed by atoms with Crippen molar-refractivity contribution >= 4 is 21.6 Å². The first-order chi connectivity index (χ1) is 10.8. The standard InChI is InChI=1S/C17H20ClNO3S/c1-13-4-10-16(11-5-13)23(20,21)19(2)12-17(18)14-6-8-15(22-3)9-7-14/h4-11,17H,12H2,1-3H3. The van der Waals surface area contributed by atoms with Gasteiger partial charge in [0.15, 0.2) is 0 Å². The van der Waals surface area contributed by atoms with E-state index in [1.54, 1.807) is 43.5 Å². The molecule has 0 saturated carbocycles. The number of aryl methyl sites for hydroxylation is 1. The molecule has 2 rings (SSSR count). The van der Waals surface area contributed by atoms with Crippen molar-refractivity contribution in [2.45, 2.75) is 17.2 Å². The van der Waals surface area contributed by atoms with Crippen LogP contribution in [-0.4, -0.2) is 33.4 Å². The molecule has 0 spiro atoms. The van der Waals surface area contributed by atoms with Gasteiger partial charge in [-0.25, -0.2) is 8.42 Å². The molecule has 0 bridgehead atoms. The predicted molar refractivity (Wildman–Crippen MR) is 92.6 cm³/mol. The van der Waals surface area contributed by atoms with Crippen LogP contribution >= 0.6 is 11.6 Å². The Bertz CT molecular complexity index is 742. The largest absolute Gasteiger partial charge is 0.497 e. The van der Waals surface area contributed by atoms with Crippen LogP contribution in [0.25, 0.3) is 0 Å². The van der Waals surface area contributed by atoms with Crippen LogP contribution in [0.4, 0.5) is 0 Å². The van der Waals surface area contributed by atoms with E-state index in [1.165, 1.54) is 11.4 Å². The van der Waals surface area contributed by atoms with Gasteiger partial charge < -0.3 is 4.74 Å². The summed E-state index contributed by atoms with van der Waals surface area (Å²) in [6.45, 7) is 2.10. The minimum absolute atomic E-state index is 0.185. The van der Waals surface area contributed by atoms with E-state index in [-0.39, 0.29) is 11.4 Å². The smallest absolute Gasteiger partial charge is 0.242 e. The molecule has 0 N–H and O–H groups in total. The first-order valence-corrected chi connectivity index (χ1v) is 9.03. The number of hydrogen-bond donors (Lipinski definition) is 0. The third-order valence-corrected chi connectivity index (χ3v) is 5.85. The second-order valence-electron chi connectivity index (χ2n) is 5.34. The predicted octanol–water partition coefficient (Wildman–Crippen LogP) is 3.60. The summed E-state index contributed by atoms with van der Waals surface area (Å²) in [4.78, 5) is 0.268. The van der Waals surface area contributed by atoms with Crippen LogP contribution in [-0.2, 0) is 10.0 Å². The van der Waals surface area contributed by atoms with Crippen molar-refractivity contribution in [2.24, 2.45) is 0 Å². The van der Waals surface area contributed by atoms with Crippen molar-refractivity contribution in [1.82, 2.24) is 4.31 Å². The fraction of sp³-hybridized carbons (Fsp3) is 0.294. The van der Waals surface area contributed by atoms with E-state index in [1.807, 2.05) is 19.1 Å². The molecule has 124 valence electrons. The zero-order valence-corrected chi connectivity index (χ0v) is 14.9. The molecule has 0 saturated heterocycles. The van der Waals surface area contributed by atoms with E-state index in [0.29, 0.717) is 0 Å². The number of halogens is 1. The SMILES string of the molecule is COc1ccc(C(Cl)CN(C)S(=O)(=O)c2ccc(C)cc2)cc1. The fourth-order valence-electron chi connectivity index (χ4n) is 2.13. The van der Waals surface area contributed by atoms with Gasteiger partial charge in [-0.3, -0.25) is 0 Å². The quantitative estimate of drug-likeness (QED) is 0.745. The first kappa shape index (κ1) is 17.8. The lowest BCUT2D eigenvalue weighted by molar-refractivity contribution is 0.414. The Kier molecular flexibility index (Phi) is 5.68. The van der Waals surface area contributed by atoms with Gasteiger partial charge in [-0.05, 0) is 36.8 Å². The van der Waals surface area contributed by atoms with E-state index in [0.717, 1.165) is 16.9 Å². The van der Waals surface area contributed by atoms with Crippen molar-refractivity contribution in [2.75, 3.05) is 20.7 Å². The highest BCUT2D eigenvalue weighted by Gasteiger charge is 2.23. The van der Waals surface area contributed by atoms with Crippen molar-refractivity contribution in [1.29, 1.82) is 0 Å². The van der Waals surface area contributed by atoms with Crippen molar-refractivity contribution < 1.29 is 13.2 Å². The highest BCUT2D eigenvalue weighted by Crippen LogP contribution is 2.26. The molecule has 0 radical (unpaired) electrons. The zero-order valence-electron chi connectivity index (χ0n) is 13.4. The van der Waals surface area contributed by atoms with Crippen LogP contribution in [0, 0.1) is 6.92 Å². The van der Waals surface area contributed by atoms with Gasteiger partial charge in [-0.2, -0.15) is 4.31 Å². The number of methoxy groups -OCH3 is 1. The molecule has 0 amide bonds. The first-order valence-electron chi connectivity index (χ1n) is 7.15. The minimum Gasteiger partial charge on any atom is -0.497 e. The van der Waals surface area contributed by atoms with E-state index >= 15 is 0 Å². The van der Waals surface area contributed by atoms with Gasteiger partial charge >= 0.3 is 0 Å². The Labute approximate surface area is 142 Å². The minimum atomic E-state index is -3.55. The molecular weight excluding hydrogens is 334 g/mol. The molecule has 23 heavy (non-hydrogen) atoms. The third-order valence-electron chi connectivity index (χ3n) is 3.62. The van der Waals surface area contributed by atoms with Gasteiger partial charge in [0.25, 0.3) is 0 Å². The molecule has 0 aliphatic carbocycles. The summed E-state index contributed by atoms with van der Waals surface area (Å²) in [5.41, 5.74) is 1.86. The Balaban J connectivity index is 2.13. The average Bonchev–Trinajstić information content (AvgIpc) is 2.55. The molecule has 2 aromatic rings. The maximum absolute atomic E-state index is 12.6. The van der Waals surface area contributed by atoms with E-state index < -0.39 is 15.4 Å². The summed E-state index contributed by atoms with van der Waals surface area (Å²) in [6, 6.07) is 14.1. The molecule has 0 fully saturated rings. The average molecular weight is 354 g/mol. The molecule has 4 nitrogen and oxygen atoms in total. The lowest BCUT2D eigenvalue weighted by Gasteiger charge is -2.20. The number of ether oxygens (including phenoxy) is 1. The summed E-state index contributed by atoms with van der Waals surface area (Å²) in [5.74, 6) is 0.734. The van der Waals surface area contributed by atoms with Gasteiger partial charge in [0.2, 0.25) is 10.0 Å². The highest BCUT2D eigenvalue weighted by atomic mass is 35.5. The monoisotopic (exact) mass is 353 g/mol. The number of rotatable bonds is 6. The summed E-state index contributed by atoms with van der Waals surface area (Å²) >= 11 is 6.37. The zero-order chi connectivity index (χ0) is 17.0. The van der Waals surface area contributed by atoms with Gasteiger partial charge in [0.1, 0.15) is 5.75 Å². The van der Waals surface area contributed by atoms with Gasteiger partial charge in [-0.1, -0.05) is 29.8 Å². The molecule has 0 aliphatic rings. The molecule has 0 aromatic heterocycles. The number of likely N-dealkylation sites (N-methyl/N-ethyl adjacent to an activating group) is 1. The number of benzene rings is 2. The van der Waals surface area contributed by atoms with E-state index in [2.05, 4.69) is 0 Å². The summed E-state index contributed by atoms with van der Waals surface area (Å²) in [5, 5.41) is -0.439. The lowest BCUT2D eigenvalue weighted by Crippen LogP contribution is -2.30. The number of sulfonamides is 1. The Morgan fingerprint density at radius 3 is 2.17 bits per heavy atom. The van der Waals surface area contributed by atoms with E-state index in [4.69, 9.17) is 16.3 Å². The molecule has 2 aromatic carbocycles. The van der Waals surface area contributed by atoms with Crippen LogP contribution in [0.15, 0.2) is 53.4 Å². The van der Waals surface area contributed by atoms with Crippen LogP contribution in [0.2, 0.25) is 0 Å². The molecule has 6 heteroatoms. The molecule has 1 unspecified atom stereocenters. The van der Waals surface area contributed by atoms with Gasteiger partial charge in [0, 0.05) is 13.6 Å². The lowest BCUT2D eigenvalue weighted by atomic mass is 10.1. The van der Waals surface area contributed by atoms with Crippen molar-refractivity contribution in [3.05, 3.63) is 59.7 Å². The normalized spacial score (nSPS) is 13.1. The second-order valence-corrected chi connectivity index (χ2v) is 7.91. The van der Waals surface area contributed by atoms with Gasteiger partial charge in [-0.15, -0.1) is 11.6 Å². The van der Waals surface area contributed by atoms with Gasteiger partial charge in [0.05, 0.1) is 17.4 Å². The van der Waals surface area contributed by atoms with Crippen LogP contribution in [0.3, 0.4) is 0 Å². The summed E-state index contributed by atoms with van der Waals surface area (Å²) < 4.78 is 31.5. The van der Waals surface area contributed by atoms with Crippen LogP contribution < -0.4 is 4.74 Å². The maximum atomic E-state index is 12.6. The topological polar surface area (TPSA) is 46.6 Å². The molecular formula is C17H20ClNO3S. The Hall–Kier alpha value is -1.56. The number of alkyl halides is 1. The fourth-order valence-corrected chi connectivity index (χ4v) is 3.75. The maximum Gasteiger partial charge on any atom is 0.242 e. The molecule has 0 heterocycles. The second kappa shape index (κ2) is 7.34. The third kappa shape index (κ3) is 4.25. The molecule has 1 atom stereocenters. The number of hydrogen-bond acceptors (Lipinski definition) is 3. The molecule has 0 aliphatic heterocycles. The summed E-state index contributed by atoms with van der Waals surface area (Å²) in [6.07, 6.45) is 0. The van der Waals surface area contributed by atoms with Crippen LogP contribution in [0.5, 0.6) is 5.75 Å². The van der Waals surface area contributed by atoms with E-state index in [9.17, 15) is 8.42 Å². The Morgan fingerprint density at radius 2 is 1.65 bits per heavy atom. The van der Waals surface area contributed by atoms with Crippen molar-refractivity contribution in [3.8, 4) is 5.75 Å². The highest BCUT2D eigenvalue weighted by molar-refractivity contribution is 7.89.